The SMILES string of the molecule is O=C(O)CCCNC(=O)c1cc(Cl)cc(NC(=O)OCC2c3ccccc3-c3ccccc32)c1. The molecule has 0 bridgehead atoms. The molecule has 7 nitrogen and oxygen atoms in total. The number of anilines is 1. The van der Waals surface area contributed by atoms with Gasteiger partial charge in [0.1, 0.15) is 6.61 Å². The maximum Gasteiger partial charge on any atom is 0.411 e. The molecule has 34 heavy (non-hydrogen) atoms. The standard InChI is InChI=1S/C26H23ClN2O5/c27-17-12-16(25(32)28-11-5-10-24(30)31)13-18(14-17)29-26(33)34-15-23-21-8-3-1-6-19(21)20-7-2-4-9-22(20)23/h1-4,6-9,12-14,23H,5,10-11,15H2,(H,28,32)(H,29,33)(H,30,31). The third kappa shape index (κ3) is 5.38. The van der Waals surface area contributed by atoms with E-state index in [-0.39, 0.29) is 36.1 Å². The third-order valence-electron chi connectivity index (χ3n) is 5.60. The van der Waals surface area contributed by atoms with Crippen LogP contribution in [0.15, 0.2) is 66.7 Å². The number of ether oxygens (including phenoxy) is 1. The van der Waals surface area contributed by atoms with Gasteiger partial charge in [-0.15, -0.1) is 0 Å². The summed E-state index contributed by atoms with van der Waals surface area (Å²) >= 11 is 6.12. The van der Waals surface area contributed by atoms with Crippen molar-refractivity contribution in [3.8, 4) is 11.1 Å². The summed E-state index contributed by atoms with van der Waals surface area (Å²) < 4.78 is 5.54. The van der Waals surface area contributed by atoms with Gasteiger partial charge < -0.3 is 15.2 Å². The number of carboxylic acids is 1. The van der Waals surface area contributed by atoms with Crippen LogP contribution in [0.3, 0.4) is 0 Å². The first-order valence-electron chi connectivity index (χ1n) is 10.8. The lowest BCUT2D eigenvalue weighted by molar-refractivity contribution is -0.137. The molecule has 0 radical (unpaired) electrons. The van der Waals surface area contributed by atoms with E-state index >= 15 is 0 Å². The Bertz CT molecular complexity index is 1200. The van der Waals surface area contributed by atoms with Gasteiger partial charge in [0.25, 0.3) is 5.91 Å². The van der Waals surface area contributed by atoms with Crippen molar-refractivity contribution < 1.29 is 24.2 Å². The molecule has 2 amide bonds. The Morgan fingerprint density at radius 3 is 2.24 bits per heavy atom. The van der Waals surface area contributed by atoms with Crippen LogP contribution in [0.25, 0.3) is 11.1 Å². The maximum atomic E-state index is 12.5. The molecule has 0 unspecified atom stereocenters. The second kappa shape index (κ2) is 10.4. The number of halogens is 1. The van der Waals surface area contributed by atoms with E-state index in [1.807, 2.05) is 36.4 Å². The molecule has 0 fully saturated rings. The molecule has 0 atom stereocenters. The average molecular weight is 479 g/mol. The van der Waals surface area contributed by atoms with E-state index in [2.05, 4.69) is 22.8 Å². The zero-order chi connectivity index (χ0) is 24.1. The van der Waals surface area contributed by atoms with Crippen LogP contribution in [0.5, 0.6) is 0 Å². The van der Waals surface area contributed by atoms with Gasteiger partial charge >= 0.3 is 12.1 Å². The van der Waals surface area contributed by atoms with Crippen molar-refractivity contribution >= 4 is 35.3 Å². The summed E-state index contributed by atoms with van der Waals surface area (Å²) in [6.45, 7) is 0.379. The molecule has 0 heterocycles. The van der Waals surface area contributed by atoms with Crippen molar-refractivity contribution in [3.63, 3.8) is 0 Å². The largest absolute Gasteiger partial charge is 0.481 e. The first kappa shape index (κ1) is 23.3. The van der Waals surface area contributed by atoms with Gasteiger partial charge in [-0.2, -0.15) is 0 Å². The van der Waals surface area contributed by atoms with Crippen molar-refractivity contribution in [1.82, 2.24) is 5.32 Å². The molecule has 1 aliphatic rings. The number of nitrogens with one attached hydrogen (secondary N) is 2. The number of carbonyl (C=O) groups excluding carboxylic acids is 2. The van der Waals surface area contributed by atoms with E-state index in [0.29, 0.717) is 12.1 Å². The summed E-state index contributed by atoms with van der Waals surface area (Å²) in [6.07, 6.45) is -0.381. The molecule has 0 aromatic heterocycles. The molecular formula is C26H23ClN2O5. The number of carboxylic acid groups (broad SMARTS) is 1. The molecule has 3 N–H and O–H groups in total. The van der Waals surface area contributed by atoms with Gasteiger partial charge in [0.05, 0.1) is 0 Å². The Morgan fingerprint density at radius 1 is 0.941 bits per heavy atom. The fourth-order valence-corrected chi connectivity index (χ4v) is 4.32. The van der Waals surface area contributed by atoms with Gasteiger partial charge in [0.15, 0.2) is 0 Å². The summed E-state index contributed by atoms with van der Waals surface area (Å²) in [7, 11) is 0. The highest BCUT2D eigenvalue weighted by Crippen LogP contribution is 2.44. The Kier molecular flexibility index (Phi) is 7.13. The number of rotatable bonds is 8. The highest BCUT2D eigenvalue weighted by atomic mass is 35.5. The summed E-state index contributed by atoms with van der Waals surface area (Å²) in [5.74, 6) is -1.40. The molecule has 0 saturated carbocycles. The number of aliphatic carboxylic acids is 1. The topological polar surface area (TPSA) is 105 Å². The Labute approximate surface area is 201 Å². The zero-order valence-corrected chi connectivity index (χ0v) is 19.0. The van der Waals surface area contributed by atoms with Crippen LogP contribution in [0, 0.1) is 0 Å². The number of benzene rings is 3. The minimum atomic E-state index is -0.924. The Balaban J connectivity index is 1.38. The van der Waals surface area contributed by atoms with E-state index in [1.165, 1.54) is 18.2 Å². The average Bonchev–Trinajstić information content (AvgIpc) is 3.13. The number of amides is 2. The molecule has 174 valence electrons. The second-order valence-electron chi connectivity index (χ2n) is 7.93. The van der Waals surface area contributed by atoms with Crippen molar-refractivity contribution in [2.75, 3.05) is 18.5 Å². The monoisotopic (exact) mass is 478 g/mol. The fourth-order valence-electron chi connectivity index (χ4n) is 4.09. The molecule has 3 aromatic rings. The number of carbonyl (C=O) groups is 3. The Hall–Kier alpha value is -3.84. The van der Waals surface area contributed by atoms with Gasteiger partial charge in [-0.1, -0.05) is 60.1 Å². The van der Waals surface area contributed by atoms with Crippen molar-refractivity contribution in [1.29, 1.82) is 0 Å². The van der Waals surface area contributed by atoms with Crippen LogP contribution in [0.2, 0.25) is 5.02 Å². The van der Waals surface area contributed by atoms with E-state index in [9.17, 15) is 14.4 Å². The van der Waals surface area contributed by atoms with E-state index in [0.717, 1.165) is 22.3 Å². The van der Waals surface area contributed by atoms with Crippen LogP contribution in [-0.4, -0.2) is 36.2 Å². The summed E-state index contributed by atoms with van der Waals surface area (Å²) in [4.78, 5) is 35.5. The maximum absolute atomic E-state index is 12.5. The first-order chi connectivity index (χ1) is 16.4. The molecule has 4 rings (SSSR count). The summed E-state index contributed by atoms with van der Waals surface area (Å²) in [5, 5.41) is 14.2. The highest BCUT2D eigenvalue weighted by Gasteiger charge is 2.29. The van der Waals surface area contributed by atoms with Gasteiger partial charge in [0.2, 0.25) is 0 Å². The van der Waals surface area contributed by atoms with Crippen molar-refractivity contribution in [2.45, 2.75) is 18.8 Å². The predicted octanol–water partition coefficient (Wildman–Crippen LogP) is 5.30. The number of hydrogen-bond donors (Lipinski definition) is 3. The van der Waals surface area contributed by atoms with Gasteiger partial charge in [-0.05, 0) is 46.9 Å². The van der Waals surface area contributed by atoms with Crippen molar-refractivity contribution in [2.24, 2.45) is 0 Å². The lowest BCUT2D eigenvalue weighted by Gasteiger charge is -2.15. The lowest BCUT2D eigenvalue weighted by Crippen LogP contribution is -2.25. The van der Waals surface area contributed by atoms with Crippen LogP contribution < -0.4 is 10.6 Å². The van der Waals surface area contributed by atoms with Crippen LogP contribution in [0.4, 0.5) is 10.5 Å². The van der Waals surface area contributed by atoms with Gasteiger partial charge in [-0.25, -0.2) is 4.79 Å². The van der Waals surface area contributed by atoms with E-state index in [4.69, 9.17) is 21.4 Å². The zero-order valence-electron chi connectivity index (χ0n) is 18.2. The molecular weight excluding hydrogens is 456 g/mol. The third-order valence-corrected chi connectivity index (χ3v) is 5.82. The minimum Gasteiger partial charge on any atom is -0.481 e. The number of hydrogen-bond acceptors (Lipinski definition) is 4. The minimum absolute atomic E-state index is 0.0373. The second-order valence-corrected chi connectivity index (χ2v) is 8.37. The summed E-state index contributed by atoms with van der Waals surface area (Å²) in [6, 6.07) is 20.6. The molecule has 0 spiro atoms. The lowest BCUT2D eigenvalue weighted by atomic mass is 9.98. The van der Waals surface area contributed by atoms with Crippen LogP contribution in [-0.2, 0) is 9.53 Å². The first-order valence-corrected chi connectivity index (χ1v) is 11.2. The Morgan fingerprint density at radius 2 is 1.59 bits per heavy atom. The van der Waals surface area contributed by atoms with E-state index < -0.39 is 18.0 Å². The van der Waals surface area contributed by atoms with Crippen molar-refractivity contribution in [3.05, 3.63) is 88.4 Å². The molecule has 0 aliphatic heterocycles. The highest BCUT2D eigenvalue weighted by molar-refractivity contribution is 6.31. The number of fused-ring (bicyclic) bond motifs is 3. The van der Waals surface area contributed by atoms with Gasteiger partial charge in [-0.3, -0.25) is 14.9 Å². The quantitative estimate of drug-likeness (QED) is 0.381. The summed E-state index contributed by atoms with van der Waals surface area (Å²) in [5.41, 5.74) is 5.07. The molecule has 1 aliphatic carbocycles. The molecule has 8 heteroatoms. The molecule has 3 aromatic carbocycles. The predicted molar refractivity (Wildman–Crippen MR) is 129 cm³/mol. The normalized spacial score (nSPS) is 11.9. The van der Waals surface area contributed by atoms with E-state index in [1.54, 1.807) is 0 Å². The van der Waals surface area contributed by atoms with Crippen LogP contribution in [0.1, 0.15) is 40.2 Å². The van der Waals surface area contributed by atoms with Crippen LogP contribution >= 0.6 is 11.6 Å². The fraction of sp³-hybridized carbons (Fsp3) is 0.192. The smallest absolute Gasteiger partial charge is 0.411 e. The molecule has 0 saturated heterocycles. The van der Waals surface area contributed by atoms with Gasteiger partial charge in [0, 0.05) is 35.2 Å².